The van der Waals surface area contributed by atoms with E-state index >= 15 is 0 Å². The monoisotopic (exact) mass is 447 g/mol. The smallest absolute Gasteiger partial charge is 0.125 e. The highest BCUT2D eigenvalue weighted by molar-refractivity contribution is 7.19. The molecule has 0 radical (unpaired) electrons. The van der Waals surface area contributed by atoms with Crippen molar-refractivity contribution in [3.05, 3.63) is 76.2 Å². The van der Waals surface area contributed by atoms with Crippen molar-refractivity contribution in [3.8, 4) is 22.4 Å². The molecule has 0 aliphatic heterocycles. The summed E-state index contributed by atoms with van der Waals surface area (Å²) in [4.78, 5) is 7.93. The molecule has 3 heteroatoms. The second-order valence-corrected chi connectivity index (χ2v) is 10.7. The van der Waals surface area contributed by atoms with Gasteiger partial charge in [-0.2, -0.15) is 0 Å². The van der Waals surface area contributed by atoms with Crippen molar-refractivity contribution in [2.24, 2.45) is 0 Å². The first-order chi connectivity index (χ1) is 14.4. The Balaban J connectivity index is 0.00000231. The van der Waals surface area contributed by atoms with Crippen molar-refractivity contribution in [3.63, 3.8) is 0 Å². The van der Waals surface area contributed by atoms with Crippen LogP contribution in [0.1, 0.15) is 55.2 Å². The summed E-state index contributed by atoms with van der Waals surface area (Å²) in [5.41, 5.74) is 9.31. The molecule has 0 saturated carbocycles. The molecule has 0 spiro atoms. The molecule has 0 unspecified atom stereocenters. The van der Waals surface area contributed by atoms with Crippen LogP contribution in [0.5, 0.6) is 0 Å². The van der Waals surface area contributed by atoms with Crippen LogP contribution in [0.15, 0.2) is 54.6 Å². The highest BCUT2D eigenvalue weighted by Crippen LogP contribution is 2.42. The van der Waals surface area contributed by atoms with Gasteiger partial charge in [0.25, 0.3) is 0 Å². The third-order valence-electron chi connectivity index (χ3n) is 6.30. The molecule has 5 rings (SSSR count). The Morgan fingerprint density at radius 2 is 1.61 bits per heavy atom. The lowest BCUT2D eigenvalue weighted by molar-refractivity contribution is 0.590. The Labute approximate surface area is 196 Å². The van der Waals surface area contributed by atoms with Gasteiger partial charge >= 0.3 is 0 Å². The molecule has 4 aromatic rings. The predicted octanol–water partition coefficient (Wildman–Crippen LogP) is 8.54. The zero-order chi connectivity index (χ0) is 20.9. The van der Waals surface area contributed by atoms with E-state index in [9.17, 15) is 0 Å². The van der Waals surface area contributed by atoms with E-state index in [4.69, 9.17) is 4.98 Å². The molecule has 0 saturated heterocycles. The molecule has 1 aliphatic rings. The molecular formula is C28H30ClNS. The molecule has 1 nitrogen and oxygen atoms in total. The number of aryl methyl sites for hydroxylation is 3. The van der Waals surface area contributed by atoms with Crippen LogP contribution in [0.3, 0.4) is 0 Å². The van der Waals surface area contributed by atoms with Gasteiger partial charge in [0.05, 0.1) is 5.69 Å². The molecule has 2 heterocycles. The van der Waals surface area contributed by atoms with Crippen LogP contribution >= 0.6 is 23.7 Å². The second kappa shape index (κ2) is 8.41. The van der Waals surface area contributed by atoms with E-state index in [2.05, 4.69) is 82.3 Å². The van der Waals surface area contributed by atoms with E-state index in [1.54, 1.807) is 10.4 Å². The maximum Gasteiger partial charge on any atom is 0.125 e. The lowest BCUT2D eigenvalue weighted by Crippen LogP contribution is -2.10. The number of rotatable bonds is 2. The number of hydrogen-bond donors (Lipinski definition) is 0. The third kappa shape index (κ3) is 4.16. The van der Waals surface area contributed by atoms with E-state index in [-0.39, 0.29) is 17.8 Å². The van der Waals surface area contributed by atoms with E-state index in [0.29, 0.717) is 0 Å². The van der Waals surface area contributed by atoms with Gasteiger partial charge in [0, 0.05) is 15.8 Å². The summed E-state index contributed by atoms with van der Waals surface area (Å²) < 4.78 is 0. The highest BCUT2D eigenvalue weighted by Gasteiger charge is 2.21. The van der Waals surface area contributed by atoms with Crippen molar-refractivity contribution in [1.29, 1.82) is 0 Å². The fraction of sp³-hybridized carbons (Fsp3) is 0.321. The number of thiophene rings is 1. The first-order valence-corrected chi connectivity index (χ1v) is 11.8. The largest absolute Gasteiger partial charge is 0.237 e. The Hall–Kier alpha value is -2.16. The normalized spacial score (nSPS) is 13.7. The summed E-state index contributed by atoms with van der Waals surface area (Å²) in [6.07, 6.45) is 5.00. The topological polar surface area (TPSA) is 12.9 Å². The second-order valence-electron chi connectivity index (χ2n) is 9.64. The molecule has 160 valence electrons. The van der Waals surface area contributed by atoms with Crippen molar-refractivity contribution in [1.82, 2.24) is 4.98 Å². The number of aromatic nitrogens is 1. The Morgan fingerprint density at radius 1 is 0.871 bits per heavy atom. The van der Waals surface area contributed by atoms with Gasteiger partial charge in [0.15, 0.2) is 0 Å². The molecule has 0 amide bonds. The Bertz CT molecular complexity index is 1230. The molecular weight excluding hydrogens is 418 g/mol. The lowest BCUT2D eigenvalue weighted by Gasteiger charge is -2.19. The summed E-state index contributed by atoms with van der Waals surface area (Å²) >= 11 is 1.92. The van der Waals surface area contributed by atoms with Crippen LogP contribution in [0, 0.1) is 6.92 Å². The van der Waals surface area contributed by atoms with Crippen LogP contribution in [-0.4, -0.2) is 4.98 Å². The number of pyridine rings is 1. The number of fused-ring (bicyclic) bond motifs is 3. The summed E-state index contributed by atoms with van der Waals surface area (Å²) in [6.45, 7) is 8.96. The average molecular weight is 448 g/mol. The van der Waals surface area contributed by atoms with E-state index in [1.807, 2.05) is 11.3 Å². The van der Waals surface area contributed by atoms with Crippen LogP contribution in [0.25, 0.3) is 32.6 Å². The first kappa shape index (κ1) is 22.0. The third-order valence-corrected chi connectivity index (χ3v) is 7.49. The molecule has 1 aliphatic carbocycles. The van der Waals surface area contributed by atoms with Gasteiger partial charge in [-0.25, -0.2) is 4.98 Å². The van der Waals surface area contributed by atoms with Gasteiger partial charge in [-0.05, 0) is 66.3 Å². The standard InChI is InChI=1S/C28H29NS.ClH/c1-18-8-7-9-20(16-18)23-17-24(19-12-14-21(15-13-19)28(2,3)4)29-27-26(23)22-10-5-6-11-25(22)30-27;/h7-9,12-17H,5-6,10-11H2,1-4H3;1H. The number of benzene rings is 2. The van der Waals surface area contributed by atoms with Crippen molar-refractivity contribution < 1.29 is 0 Å². The fourth-order valence-corrected chi connectivity index (χ4v) is 5.87. The number of hydrogen-bond acceptors (Lipinski definition) is 2. The Kier molecular flexibility index (Phi) is 5.98. The number of nitrogens with zero attached hydrogens (tertiary/aromatic N) is 1. The minimum atomic E-state index is 0. The van der Waals surface area contributed by atoms with E-state index < -0.39 is 0 Å². The summed E-state index contributed by atoms with van der Waals surface area (Å²) in [5, 5.41) is 1.40. The highest BCUT2D eigenvalue weighted by atomic mass is 35.5. The maximum atomic E-state index is 5.17. The molecule has 31 heavy (non-hydrogen) atoms. The fourth-order valence-electron chi connectivity index (χ4n) is 4.59. The summed E-state index contributed by atoms with van der Waals surface area (Å²) in [7, 11) is 0. The van der Waals surface area contributed by atoms with Crippen LogP contribution in [0.2, 0.25) is 0 Å². The molecule has 0 bridgehead atoms. The van der Waals surface area contributed by atoms with Crippen molar-refractivity contribution >= 4 is 34.0 Å². The van der Waals surface area contributed by atoms with Gasteiger partial charge in [0.1, 0.15) is 4.83 Å². The van der Waals surface area contributed by atoms with Crippen LogP contribution in [-0.2, 0) is 18.3 Å². The molecule has 2 aromatic carbocycles. The molecule has 2 aromatic heterocycles. The quantitative estimate of drug-likeness (QED) is 0.300. The van der Waals surface area contributed by atoms with Gasteiger partial charge in [-0.1, -0.05) is 74.9 Å². The summed E-state index contributed by atoms with van der Waals surface area (Å²) in [6, 6.07) is 20.2. The first-order valence-electron chi connectivity index (χ1n) is 11.0. The van der Waals surface area contributed by atoms with Crippen molar-refractivity contribution in [2.75, 3.05) is 0 Å². The van der Waals surface area contributed by atoms with Gasteiger partial charge in [-0.3, -0.25) is 0 Å². The molecule has 0 fully saturated rings. The van der Waals surface area contributed by atoms with Crippen molar-refractivity contribution in [2.45, 2.75) is 58.8 Å². The summed E-state index contributed by atoms with van der Waals surface area (Å²) in [5.74, 6) is 0. The molecule has 0 N–H and O–H groups in total. The minimum absolute atomic E-state index is 0. The zero-order valence-corrected chi connectivity index (χ0v) is 20.4. The Morgan fingerprint density at radius 3 is 2.32 bits per heavy atom. The average Bonchev–Trinajstić information content (AvgIpc) is 3.11. The van der Waals surface area contributed by atoms with Gasteiger partial charge < -0.3 is 0 Å². The molecule has 0 atom stereocenters. The van der Waals surface area contributed by atoms with Crippen LogP contribution in [0.4, 0.5) is 0 Å². The van der Waals surface area contributed by atoms with E-state index in [0.717, 1.165) is 5.69 Å². The predicted molar refractivity (Wildman–Crippen MR) is 138 cm³/mol. The lowest BCUT2D eigenvalue weighted by atomic mass is 9.86. The van der Waals surface area contributed by atoms with Crippen LogP contribution < -0.4 is 0 Å². The number of halogens is 1. The minimum Gasteiger partial charge on any atom is -0.237 e. The zero-order valence-electron chi connectivity index (χ0n) is 18.8. The van der Waals surface area contributed by atoms with Gasteiger partial charge in [0.2, 0.25) is 0 Å². The SMILES string of the molecule is Cc1cccc(-c2cc(-c3ccc(C(C)(C)C)cc3)nc3sc4c(c23)CCCC4)c1.Cl. The van der Waals surface area contributed by atoms with Gasteiger partial charge in [-0.15, -0.1) is 23.7 Å². The van der Waals surface area contributed by atoms with E-state index in [1.165, 1.54) is 63.7 Å². The maximum absolute atomic E-state index is 5.17.